The number of hydrogen-bond donors (Lipinski definition) is 0. The molecule has 1 atom stereocenters. The van der Waals surface area contributed by atoms with Crippen LogP contribution in [0.25, 0.3) is 0 Å². The summed E-state index contributed by atoms with van der Waals surface area (Å²) < 4.78 is 0. The summed E-state index contributed by atoms with van der Waals surface area (Å²) in [4.78, 5) is 16.0. The van der Waals surface area contributed by atoms with Crippen LogP contribution in [0.3, 0.4) is 0 Å². The van der Waals surface area contributed by atoms with E-state index in [4.69, 9.17) is 5.26 Å². The fourth-order valence-electron chi connectivity index (χ4n) is 2.73. The van der Waals surface area contributed by atoms with E-state index in [-0.39, 0.29) is 5.54 Å². The van der Waals surface area contributed by atoms with Crippen molar-refractivity contribution in [2.45, 2.75) is 38.3 Å². The Morgan fingerprint density at radius 1 is 1.47 bits per heavy atom. The summed E-state index contributed by atoms with van der Waals surface area (Å²) >= 11 is 0. The summed E-state index contributed by atoms with van der Waals surface area (Å²) in [6.45, 7) is 6.88. The predicted octanol–water partition coefficient (Wildman–Crippen LogP) is 1.15. The molecule has 0 aliphatic carbocycles. The van der Waals surface area contributed by atoms with Crippen molar-refractivity contribution in [1.29, 1.82) is 5.26 Å². The first-order valence-electron chi connectivity index (χ1n) is 6.16. The van der Waals surface area contributed by atoms with Crippen molar-refractivity contribution in [3.63, 3.8) is 0 Å². The highest BCUT2D eigenvalue weighted by Gasteiger charge is 2.38. The lowest BCUT2D eigenvalue weighted by Gasteiger charge is -2.44. The van der Waals surface area contributed by atoms with Crippen LogP contribution < -0.4 is 0 Å². The minimum absolute atomic E-state index is 0.104. The first-order chi connectivity index (χ1) is 8.04. The molecular formula is C13H19N3O. The highest BCUT2D eigenvalue weighted by molar-refractivity contribution is 5.78. The first-order valence-corrected chi connectivity index (χ1v) is 6.16. The first kappa shape index (κ1) is 12.1. The molecule has 4 heteroatoms. The molecule has 0 aromatic carbocycles. The number of fused-ring (bicyclic) bond motifs is 1. The van der Waals surface area contributed by atoms with E-state index in [1.807, 2.05) is 17.0 Å². The van der Waals surface area contributed by atoms with Gasteiger partial charge in [0.2, 0.25) is 5.91 Å². The molecule has 0 unspecified atom stereocenters. The van der Waals surface area contributed by atoms with Crippen LogP contribution in [0.1, 0.15) is 26.7 Å². The van der Waals surface area contributed by atoms with Crippen LogP contribution >= 0.6 is 0 Å². The molecule has 2 heterocycles. The molecule has 0 saturated carbocycles. The fraction of sp³-hybridized carbons (Fsp3) is 0.692. The van der Waals surface area contributed by atoms with Gasteiger partial charge in [-0.1, -0.05) is 6.08 Å². The van der Waals surface area contributed by atoms with Crippen LogP contribution in [0.4, 0.5) is 0 Å². The summed E-state index contributed by atoms with van der Waals surface area (Å²) in [7, 11) is 0. The molecule has 1 amide bonds. The average molecular weight is 233 g/mol. The van der Waals surface area contributed by atoms with E-state index < -0.39 is 0 Å². The Balaban J connectivity index is 2.04. The molecule has 0 bridgehead atoms. The summed E-state index contributed by atoms with van der Waals surface area (Å²) in [5, 5.41) is 8.60. The maximum absolute atomic E-state index is 11.6. The Bertz CT molecular complexity index is 381. The van der Waals surface area contributed by atoms with Gasteiger partial charge in [0.15, 0.2) is 0 Å². The topological polar surface area (TPSA) is 47.3 Å². The minimum atomic E-state index is -0.104. The molecule has 0 N–H and O–H groups in total. The van der Waals surface area contributed by atoms with Gasteiger partial charge in [0.1, 0.15) is 0 Å². The standard InChI is InChI=1S/C13H19N3O/c1-13(2,6-3-7-14)15-8-9-16-11(10-15)4-5-12(16)17/h3,6,11H,4-5,8-10H2,1-2H3/t11-/m0/s1. The number of carbonyl (C=O) groups is 1. The third kappa shape index (κ3) is 2.34. The maximum atomic E-state index is 11.6. The average Bonchev–Trinajstić information content (AvgIpc) is 2.68. The summed E-state index contributed by atoms with van der Waals surface area (Å²) in [5.41, 5.74) is -0.104. The van der Waals surface area contributed by atoms with E-state index in [1.165, 1.54) is 0 Å². The van der Waals surface area contributed by atoms with Crippen molar-refractivity contribution in [1.82, 2.24) is 9.80 Å². The van der Waals surface area contributed by atoms with E-state index in [9.17, 15) is 4.79 Å². The number of allylic oxidation sites excluding steroid dienone is 1. The van der Waals surface area contributed by atoms with Crippen molar-refractivity contribution < 1.29 is 4.79 Å². The number of nitriles is 1. The molecule has 0 radical (unpaired) electrons. The van der Waals surface area contributed by atoms with E-state index in [0.29, 0.717) is 18.4 Å². The zero-order valence-electron chi connectivity index (χ0n) is 10.5. The number of piperazine rings is 1. The van der Waals surface area contributed by atoms with Crippen LogP contribution in [-0.4, -0.2) is 46.9 Å². The van der Waals surface area contributed by atoms with Crippen molar-refractivity contribution in [2.75, 3.05) is 19.6 Å². The lowest BCUT2D eigenvalue weighted by Crippen LogP contribution is -2.57. The Morgan fingerprint density at radius 3 is 2.94 bits per heavy atom. The van der Waals surface area contributed by atoms with Gasteiger partial charge < -0.3 is 4.90 Å². The molecule has 2 saturated heterocycles. The van der Waals surface area contributed by atoms with Gasteiger partial charge in [0.05, 0.1) is 6.07 Å². The molecule has 17 heavy (non-hydrogen) atoms. The molecule has 92 valence electrons. The van der Waals surface area contributed by atoms with Crippen molar-refractivity contribution in [3.8, 4) is 6.07 Å². The Morgan fingerprint density at radius 2 is 2.24 bits per heavy atom. The summed E-state index contributed by atoms with van der Waals surface area (Å²) in [6, 6.07) is 2.43. The number of hydrogen-bond acceptors (Lipinski definition) is 3. The zero-order valence-corrected chi connectivity index (χ0v) is 10.5. The number of rotatable bonds is 2. The maximum Gasteiger partial charge on any atom is 0.222 e. The van der Waals surface area contributed by atoms with Crippen LogP contribution in [0, 0.1) is 11.3 Å². The number of carbonyl (C=O) groups excluding carboxylic acids is 1. The third-order valence-electron chi connectivity index (χ3n) is 3.88. The van der Waals surface area contributed by atoms with Gasteiger partial charge in [-0.15, -0.1) is 0 Å². The van der Waals surface area contributed by atoms with Gasteiger partial charge in [0.25, 0.3) is 0 Å². The second-order valence-corrected chi connectivity index (χ2v) is 5.34. The Kier molecular flexibility index (Phi) is 3.21. The quantitative estimate of drug-likeness (QED) is 0.672. The molecule has 4 nitrogen and oxygen atoms in total. The lowest BCUT2D eigenvalue weighted by molar-refractivity contribution is -0.131. The van der Waals surface area contributed by atoms with Crippen molar-refractivity contribution >= 4 is 5.91 Å². The lowest BCUT2D eigenvalue weighted by atomic mass is 9.99. The van der Waals surface area contributed by atoms with Gasteiger partial charge in [-0.25, -0.2) is 0 Å². The van der Waals surface area contributed by atoms with E-state index in [2.05, 4.69) is 18.7 Å². The van der Waals surface area contributed by atoms with Gasteiger partial charge >= 0.3 is 0 Å². The smallest absolute Gasteiger partial charge is 0.222 e. The van der Waals surface area contributed by atoms with Crippen molar-refractivity contribution in [2.24, 2.45) is 0 Å². The van der Waals surface area contributed by atoms with Crippen LogP contribution in [0.15, 0.2) is 12.2 Å². The van der Waals surface area contributed by atoms with Gasteiger partial charge in [0, 0.05) is 43.7 Å². The number of amides is 1. The van der Waals surface area contributed by atoms with Crippen molar-refractivity contribution in [3.05, 3.63) is 12.2 Å². The van der Waals surface area contributed by atoms with Crippen LogP contribution in [-0.2, 0) is 4.79 Å². The number of nitrogens with zero attached hydrogens (tertiary/aromatic N) is 3. The Hall–Kier alpha value is -1.34. The molecule has 2 fully saturated rings. The summed E-state index contributed by atoms with van der Waals surface area (Å²) in [6.07, 6.45) is 5.17. The van der Waals surface area contributed by atoms with Gasteiger partial charge in [-0.05, 0) is 20.3 Å². The molecular weight excluding hydrogens is 214 g/mol. The fourth-order valence-corrected chi connectivity index (χ4v) is 2.73. The zero-order chi connectivity index (χ0) is 12.5. The monoisotopic (exact) mass is 233 g/mol. The predicted molar refractivity (Wildman–Crippen MR) is 65.1 cm³/mol. The van der Waals surface area contributed by atoms with Crippen LogP contribution in [0.5, 0.6) is 0 Å². The third-order valence-corrected chi connectivity index (χ3v) is 3.88. The molecule has 0 aromatic rings. The highest BCUT2D eigenvalue weighted by atomic mass is 16.2. The van der Waals surface area contributed by atoms with Crippen LogP contribution in [0.2, 0.25) is 0 Å². The highest BCUT2D eigenvalue weighted by Crippen LogP contribution is 2.27. The molecule has 2 rings (SSSR count). The minimum Gasteiger partial charge on any atom is -0.337 e. The second-order valence-electron chi connectivity index (χ2n) is 5.34. The second kappa shape index (κ2) is 4.50. The van der Waals surface area contributed by atoms with E-state index in [1.54, 1.807) is 6.08 Å². The molecule has 0 spiro atoms. The van der Waals surface area contributed by atoms with Gasteiger partial charge in [-0.2, -0.15) is 5.26 Å². The Labute approximate surface area is 102 Å². The molecule has 0 aromatic heterocycles. The SMILES string of the molecule is CC(C)(C=CC#N)N1CCN2C(=O)CC[C@H]2C1. The summed E-state index contributed by atoms with van der Waals surface area (Å²) in [5.74, 6) is 0.306. The molecule has 2 aliphatic heterocycles. The normalized spacial score (nSPS) is 26.3. The van der Waals surface area contributed by atoms with E-state index in [0.717, 1.165) is 26.1 Å². The van der Waals surface area contributed by atoms with E-state index >= 15 is 0 Å². The molecule has 2 aliphatic rings. The largest absolute Gasteiger partial charge is 0.337 e. The van der Waals surface area contributed by atoms with Gasteiger partial charge in [-0.3, -0.25) is 9.69 Å².